The molecule has 0 aromatic heterocycles. The van der Waals surface area contributed by atoms with Crippen LogP contribution < -0.4 is 5.32 Å². The quantitative estimate of drug-likeness (QED) is 0.302. The lowest BCUT2D eigenvalue weighted by Gasteiger charge is -2.28. The van der Waals surface area contributed by atoms with Gasteiger partial charge in [0.05, 0.1) is 0 Å². The van der Waals surface area contributed by atoms with Crippen molar-refractivity contribution in [3.05, 3.63) is 90.2 Å². The fourth-order valence-corrected chi connectivity index (χ4v) is 4.04. The second kappa shape index (κ2) is 11.3. The molecule has 0 aliphatic carbocycles. The van der Waals surface area contributed by atoms with Crippen LogP contribution in [0.15, 0.2) is 73.5 Å². The van der Waals surface area contributed by atoms with Gasteiger partial charge >= 0.3 is 6.18 Å². The smallest absolute Gasteiger partial charge is 0.389 e. The maximum absolute atomic E-state index is 12.4. The van der Waals surface area contributed by atoms with E-state index in [9.17, 15) is 13.2 Å². The van der Waals surface area contributed by atoms with E-state index in [1.165, 1.54) is 16.7 Å². The topological polar surface area (TPSA) is 12.0 Å². The van der Waals surface area contributed by atoms with E-state index >= 15 is 0 Å². The van der Waals surface area contributed by atoms with Crippen molar-refractivity contribution in [3.8, 4) is 0 Å². The summed E-state index contributed by atoms with van der Waals surface area (Å²) in [5.41, 5.74) is 7.40. The Labute approximate surface area is 185 Å². The van der Waals surface area contributed by atoms with Crippen molar-refractivity contribution < 1.29 is 13.2 Å². The fraction of sp³-hybridized carbons (Fsp3) is 0.385. The molecular formula is C26H33BF3N. The molecule has 1 aliphatic rings. The summed E-state index contributed by atoms with van der Waals surface area (Å²) in [6, 6.07) is 6.29. The van der Waals surface area contributed by atoms with Gasteiger partial charge in [0, 0.05) is 18.1 Å². The number of fused-ring (bicyclic) bond motifs is 1. The zero-order chi connectivity index (χ0) is 23.0. The molecule has 0 radical (unpaired) electrons. The van der Waals surface area contributed by atoms with Gasteiger partial charge in [-0.05, 0) is 78.8 Å². The molecule has 1 heterocycles. The van der Waals surface area contributed by atoms with E-state index in [4.69, 9.17) is 0 Å². The van der Waals surface area contributed by atoms with Crippen molar-refractivity contribution in [1.82, 2.24) is 5.32 Å². The van der Waals surface area contributed by atoms with Crippen LogP contribution in [0, 0.1) is 0 Å². The molecule has 5 heteroatoms. The molecular weight excluding hydrogens is 394 g/mol. The van der Waals surface area contributed by atoms with Gasteiger partial charge in [-0.25, -0.2) is 0 Å². The van der Waals surface area contributed by atoms with Crippen molar-refractivity contribution in [2.75, 3.05) is 0 Å². The predicted molar refractivity (Wildman–Crippen MR) is 128 cm³/mol. The minimum absolute atomic E-state index is 0.0739. The van der Waals surface area contributed by atoms with E-state index in [2.05, 4.69) is 43.8 Å². The predicted octanol–water partition coefficient (Wildman–Crippen LogP) is 6.82. The van der Waals surface area contributed by atoms with Crippen LogP contribution >= 0.6 is 0 Å². The number of hydrogen-bond acceptors (Lipinski definition) is 1. The molecule has 1 nitrogen and oxygen atoms in total. The Balaban J connectivity index is 1.92. The summed E-state index contributed by atoms with van der Waals surface area (Å²) in [7, 11) is 0.877. The fourth-order valence-electron chi connectivity index (χ4n) is 4.04. The van der Waals surface area contributed by atoms with E-state index < -0.39 is 12.6 Å². The van der Waals surface area contributed by atoms with Crippen LogP contribution in [0.25, 0.3) is 5.57 Å². The van der Waals surface area contributed by atoms with E-state index in [0.717, 1.165) is 56.0 Å². The van der Waals surface area contributed by atoms with Crippen molar-refractivity contribution >= 4 is 12.9 Å². The Bertz CT molecular complexity index is 864. The summed E-state index contributed by atoms with van der Waals surface area (Å²) in [6.07, 6.45) is 3.34. The van der Waals surface area contributed by atoms with Gasteiger partial charge in [0.2, 0.25) is 0 Å². The van der Waals surface area contributed by atoms with Gasteiger partial charge in [0.1, 0.15) is 0 Å². The highest BCUT2D eigenvalue weighted by molar-refractivity contribution is 6.38. The summed E-state index contributed by atoms with van der Waals surface area (Å²) in [5.74, 6) is 0.123. The van der Waals surface area contributed by atoms with Gasteiger partial charge in [-0.15, -0.1) is 0 Å². The number of rotatable bonds is 11. The molecule has 1 atom stereocenters. The average molecular weight is 427 g/mol. The van der Waals surface area contributed by atoms with Crippen LogP contribution in [-0.4, -0.2) is 19.4 Å². The van der Waals surface area contributed by atoms with Gasteiger partial charge in [0.25, 0.3) is 0 Å². The van der Waals surface area contributed by atoms with Gasteiger partial charge < -0.3 is 5.32 Å². The Hall–Kier alpha value is -2.43. The Morgan fingerprint density at radius 2 is 1.90 bits per heavy atom. The molecule has 31 heavy (non-hydrogen) atoms. The lowest BCUT2D eigenvalue weighted by molar-refractivity contribution is -0.134. The van der Waals surface area contributed by atoms with Gasteiger partial charge in [0.15, 0.2) is 7.28 Å². The lowest BCUT2D eigenvalue weighted by atomic mass is 9.57. The maximum atomic E-state index is 12.4. The zero-order valence-corrected chi connectivity index (χ0v) is 18.6. The minimum Gasteiger partial charge on any atom is -0.393 e. The first-order valence-corrected chi connectivity index (χ1v) is 10.9. The normalized spacial score (nSPS) is 15.8. The lowest BCUT2D eigenvalue weighted by Crippen LogP contribution is -2.40. The molecule has 1 aromatic carbocycles. The second-order valence-electron chi connectivity index (χ2n) is 8.33. The molecule has 1 unspecified atom stereocenters. The van der Waals surface area contributed by atoms with Crippen molar-refractivity contribution in [2.24, 2.45) is 0 Å². The molecule has 166 valence electrons. The summed E-state index contributed by atoms with van der Waals surface area (Å²) < 4.78 is 37.3. The van der Waals surface area contributed by atoms with Crippen LogP contribution in [0.2, 0.25) is 0 Å². The van der Waals surface area contributed by atoms with Crippen LogP contribution in [-0.2, 0) is 12.7 Å². The van der Waals surface area contributed by atoms with E-state index in [0.29, 0.717) is 5.70 Å². The van der Waals surface area contributed by atoms with E-state index in [1.54, 1.807) is 0 Å². The van der Waals surface area contributed by atoms with Crippen LogP contribution in [0.3, 0.4) is 0 Å². The van der Waals surface area contributed by atoms with Gasteiger partial charge in [-0.3, -0.25) is 0 Å². The largest absolute Gasteiger partial charge is 0.393 e. The molecule has 0 spiro atoms. The third-order valence-corrected chi connectivity index (χ3v) is 5.76. The summed E-state index contributed by atoms with van der Waals surface area (Å²) >= 11 is 0. The highest BCUT2D eigenvalue weighted by Gasteiger charge is 2.28. The molecule has 0 fully saturated rings. The average Bonchev–Trinajstić information content (AvgIpc) is 2.71. The summed E-state index contributed by atoms with van der Waals surface area (Å²) in [5, 5.41) is 3.21. The number of allylic oxidation sites excluding steroid dienone is 6. The number of halogens is 3. The van der Waals surface area contributed by atoms with Crippen molar-refractivity contribution in [1.29, 1.82) is 0 Å². The zero-order valence-electron chi connectivity index (χ0n) is 18.6. The van der Waals surface area contributed by atoms with Crippen molar-refractivity contribution in [2.45, 2.75) is 63.9 Å². The molecule has 0 saturated carbocycles. The molecule has 1 aromatic rings. The standard InChI is InChI=1S/C26H33BF3N/c1-6-9-18(2)19(3)10-7-11-20(4)23-13-8-12-22-16-25(27-17-24(22)23)31-21(5)14-15-26(28,29)30/h6,8-9,12-13,25,27,31H,2-5,7,10-11,14-17H2,1H3/b9-6-. The number of nitrogens with one attached hydrogen (secondary N) is 1. The SMILES string of the molecule is C=C(CCC(F)(F)F)NC1BCc2c(cccc2C(=C)CCCC(=C)C(=C)/C=C\C)C1. The molecule has 1 N–H and O–H groups in total. The summed E-state index contributed by atoms with van der Waals surface area (Å²) in [6.45, 7) is 18.2. The third kappa shape index (κ3) is 7.97. The highest BCUT2D eigenvalue weighted by Crippen LogP contribution is 2.30. The Kier molecular flexibility index (Phi) is 9.03. The number of hydrogen-bond donors (Lipinski definition) is 1. The van der Waals surface area contributed by atoms with Crippen LogP contribution in [0.5, 0.6) is 0 Å². The maximum Gasteiger partial charge on any atom is 0.389 e. The molecule has 2 rings (SSSR count). The first kappa shape index (κ1) is 24.8. The number of alkyl halides is 3. The molecule has 1 aliphatic heterocycles. The second-order valence-corrected chi connectivity index (χ2v) is 8.33. The minimum atomic E-state index is -4.15. The molecule has 0 bridgehead atoms. The summed E-state index contributed by atoms with van der Waals surface area (Å²) in [4.78, 5) is 0. The first-order valence-electron chi connectivity index (χ1n) is 10.9. The Morgan fingerprint density at radius 3 is 2.58 bits per heavy atom. The molecule has 0 amide bonds. The van der Waals surface area contributed by atoms with Gasteiger partial charge in [-0.1, -0.05) is 56.7 Å². The first-order chi connectivity index (χ1) is 14.6. The number of benzene rings is 1. The van der Waals surface area contributed by atoms with Crippen molar-refractivity contribution in [3.63, 3.8) is 0 Å². The van der Waals surface area contributed by atoms with Gasteiger partial charge in [-0.2, -0.15) is 13.2 Å². The third-order valence-electron chi connectivity index (χ3n) is 5.76. The van der Waals surface area contributed by atoms with E-state index in [-0.39, 0.29) is 12.4 Å². The van der Waals surface area contributed by atoms with Crippen LogP contribution in [0.4, 0.5) is 13.2 Å². The van der Waals surface area contributed by atoms with E-state index in [1.807, 2.05) is 25.1 Å². The highest BCUT2D eigenvalue weighted by atomic mass is 19.4. The Morgan fingerprint density at radius 1 is 1.16 bits per heavy atom. The monoisotopic (exact) mass is 427 g/mol. The van der Waals surface area contributed by atoms with Crippen LogP contribution in [0.1, 0.15) is 55.7 Å². The molecule has 0 saturated heterocycles.